The number of benzene rings is 1. The summed E-state index contributed by atoms with van der Waals surface area (Å²) in [7, 11) is 0. The largest absolute Gasteiger partial charge is 0.381 e. The standard InChI is InChI=1S/C20H27NO2/c22-19(18-13-15-6-7-16(18)12-15)21-14-20(8-10-23-11-9-20)17-4-2-1-3-5-17/h1-5,15-16,18H,6-14H2,(H,21,22)/t15-,16-,18-/m1/s1. The number of carbonyl (C=O) groups is 1. The molecular weight excluding hydrogens is 286 g/mol. The second-order valence-electron chi connectivity index (χ2n) is 7.76. The highest BCUT2D eigenvalue weighted by Crippen LogP contribution is 2.48. The highest BCUT2D eigenvalue weighted by atomic mass is 16.5. The van der Waals surface area contributed by atoms with Crippen LogP contribution in [-0.4, -0.2) is 25.7 Å². The van der Waals surface area contributed by atoms with E-state index in [9.17, 15) is 4.79 Å². The summed E-state index contributed by atoms with van der Waals surface area (Å²) in [5.41, 5.74) is 1.39. The molecule has 2 aliphatic carbocycles. The Bertz CT molecular complexity index is 550. The third kappa shape index (κ3) is 2.91. The van der Waals surface area contributed by atoms with Crippen LogP contribution < -0.4 is 5.32 Å². The van der Waals surface area contributed by atoms with Crippen LogP contribution in [0.2, 0.25) is 0 Å². The highest BCUT2D eigenvalue weighted by Gasteiger charge is 2.43. The van der Waals surface area contributed by atoms with E-state index in [0.717, 1.165) is 44.9 Å². The van der Waals surface area contributed by atoms with Crippen molar-refractivity contribution < 1.29 is 9.53 Å². The molecule has 0 aromatic heterocycles. The molecule has 1 amide bonds. The van der Waals surface area contributed by atoms with Crippen molar-refractivity contribution in [3.8, 4) is 0 Å². The van der Waals surface area contributed by atoms with Gasteiger partial charge in [-0.05, 0) is 49.5 Å². The predicted octanol–water partition coefficient (Wildman–Crippen LogP) is 3.29. The number of hydrogen-bond acceptors (Lipinski definition) is 2. The van der Waals surface area contributed by atoms with Crippen LogP contribution in [0, 0.1) is 17.8 Å². The maximum Gasteiger partial charge on any atom is 0.223 e. The third-order valence-electron chi connectivity index (χ3n) is 6.51. The molecule has 3 heteroatoms. The molecule has 124 valence electrons. The van der Waals surface area contributed by atoms with Crippen LogP contribution in [0.5, 0.6) is 0 Å². The molecule has 3 fully saturated rings. The molecule has 1 aromatic rings. The SMILES string of the molecule is O=C(NCC1(c2ccccc2)CCOCC1)[C@@H]1C[C@@H]2CC[C@@H]1C2. The van der Waals surface area contributed by atoms with Gasteiger partial charge in [-0.2, -0.15) is 0 Å². The van der Waals surface area contributed by atoms with Gasteiger partial charge in [-0.1, -0.05) is 36.8 Å². The van der Waals surface area contributed by atoms with Crippen molar-refractivity contribution in [2.75, 3.05) is 19.8 Å². The molecule has 2 bridgehead atoms. The Morgan fingerprint density at radius 2 is 1.91 bits per heavy atom. The normalized spacial score (nSPS) is 31.9. The van der Waals surface area contributed by atoms with Crippen LogP contribution in [0.4, 0.5) is 0 Å². The lowest BCUT2D eigenvalue weighted by Gasteiger charge is -2.38. The second-order valence-corrected chi connectivity index (χ2v) is 7.76. The summed E-state index contributed by atoms with van der Waals surface area (Å²) in [6.07, 6.45) is 7.01. The van der Waals surface area contributed by atoms with Gasteiger partial charge in [-0.15, -0.1) is 0 Å². The van der Waals surface area contributed by atoms with E-state index in [1.165, 1.54) is 24.8 Å². The number of carbonyl (C=O) groups excluding carboxylic acids is 1. The Labute approximate surface area is 138 Å². The first-order chi connectivity index (χ1) is 11.3. The number of ether oxygens (including phenoxy) is 1. The molecule has 1 aliphatic heterocycles. The molecule has 1 N–H and O–H groups in total. The van der Waals surface area contributed by atoms with Gasteiger partial charge in [0.25, 0.3) is 0 Å². The van der Waals surface area contributed by atoms with Gasteiger partial charge >= 0.3 is 0 Å². The van der Waals surface area contributed by atoms with Gasteiger partial charge in [0.05, 0.1) is 0 Å². The summed E-state index contributed by atoms with van der Waals surface area (Å²) in [6, 6.07) is 10.7. The maximum atomic E-state index is 12.7. The Hall–Kier alpha value is -1.35. The van der Waals surface area contributed by atoms with E-state index in [-0.39, 0.29) is 11.3 Å². The lowest BCUT2D eigenvalue weighted by atomic mass is 9.74. The summed E-state index contributed by atoms with van der Waals surface area (Å²) in [5, 5.41) is 3.32. The molecule has 1 saturated heterocycles. The van der Waals surface area contributed by atoms with Crippen LogP contribution in [0.3, 0.4) is 0 Å². The molecule has 4 rings (SSSR count). The number of amides is 1. The van der Waals surface area contributed by atoms with E-state index < -0.39 is 0 Å². The highest BCUT2D eigenvalue weighted by molar-refractivity contribution is 5.79. The zero-order chi connectivity index (χ0) is 15.7. The van der Waals surface area contributed by atoms with E-state index >= 15 is 0 Å². The topological polar surface area (TPSA) is 38.3 Å². The summed E-state index contributed by atoms with van der Waals surface area (Å²) < 4.78 is 5.58. The summed E-state index contributed by atoms with van der Waals surface area (Å²) in [5.74, 6) is 2.06. The lowest BCUT2D eigenvalue weighted by Crippen LogP contribution is -2.46. The van der Waals surface area contributed by atoms with Crippen LogP contribution >= 0.6 is 0 Å². The average Bonchev–Trinajstić information content (AvgIpc) is 3.25. The van der Waals surface area contributed by atoms with Crippen molar-refractivity contribution in [3.05, 3.63) is 35.9 Å². The molecule has 1 heterocycles. The molecule has 1 aromatic carbocycles. The van der Waals surface area contributed by atoms with Gasteiger partial charge in [-0.3, -0.25) is 4.79 Å². The average molecular weight is 313 g/mol. The zero-order valence-electron chi connectivity index (χ0n) is 13.8. The van der Waals surface area contributed by atoms with Crippen LogP contribution in [0.25, 0.3) is 0 Å². The number of nitrogens with one attached hydrogen (secondary N) is 1. The maximum absolute atomic E-state index is 12.7. The quantitative estimate of drug-likeness (QED) is 0.926. The molecule has 23 heavy (non-hydrogen) atoms. The first kappa shape index (κ1) is 15.2. The molecule has 0 unspecified atom stereocenters. The van der Waals surface area contributed by atoms with E-state index in [0.29, 0.717) is 11.8 Å². The van der Waals surface area contributed by atoms with Crippen molar-refractivity contribution in [2.45, 2.75) is 43.9 Å². The van der Waals surface area contributed by atoms with Crippen LogP contribution in [-0.2, 0) is 14.9 Å². The summed E-state index contributed by atoms with van der Waals surface area (Å²) >= 11 is 0. The number of fused-ring (bicyclic) bond motifs is 2. The monoisotopic (exact) mass is 313 g/mol. The molecule has 2 saturated carbocycles. The first-order valence-corrected chi connectivity index (χ1v) is 9.18. The van der Waals surface area contributed by atoms with Crippen LogP contribution in [0.15, 0.2) is 30.3 Å². The number of rotatable bonds is 4. The van der Waals surface area contributed by atoms with Gasteiger partial charge < -0.3 is 10.1 Å². The van der Waals surface area contributed by atoms with Gasteiger partial charge in [0.2, 0.25) is 5.91 Å². The third-order valence-corrected chi connectivity index (χ3v) is 6.51. The van der Waals surface area contributed by atoms with Crippen LogP contribution in [0.1, 0.15) is 44.1 Å². The minimum Gasteiger partial charge on any atom is -0.381 e. The Morgan fingerprint density at radius 3 is 2.57 bits per heavy atom. The van der Waals surface area contributed by atoms with Gasteiger partial charge in [-0.25, -0.2) is 0 Å². The fourth-order valence-electron chi connectivity index (χ4n) is 5.07. The van der Waals surface area contributed by atoms with Crippen molar-refractivity contribution in [1.82, 2.24) is 5.32 Å². The van der Waals surface area contributed by atoms with E-state index in [1.54, 1.807) is 0 Å². The minimum absolute atomic E-state index is 0.0484. The molecule has 0 radical (unpaired) electrons. The molecule has 3 aliphatic rings. The van der Waals surface area contributed by atoms with Gasteiger partial charge in [0.1, 0.15) is 0 Å². The summed E-state index contributed by atoms with van der Waals surface area (Å²) in [6.45, 7) is 2.34. The van der Waals surface area contributed by atoms with Gasteiger partial charge in [0.15, 0.2) is 0 Å². The molecule has 3 atom stereocenters. The van der Waals surface area contributed by atoms with E-state index in [4.69, 9.17) is 4.74 Å². The van der Waals surface area contributed by atoms with Crippen molar-refractivity contribution in [3.63, 3.8) is 0 Å². The van der Waals surface area contributed by atoms with E-state index in [2.05, 4.69) is 35.6 Å². The predicted molar refractivity (Wildman–Crippen MR) is 90.1 cm³/mol. The smallest absolute Gasteiger partial charge is 0.223 e. The molecular formula is C20H27NO2. The van der Waals surface area contributed by atoms with Crippen molar-refractivity contribution in [1.29, 1.82) is 0 Å². The summed E-state index contributed by atoms with van der Waals surface area (Å²) in [4.78, 5) is 12.7. The molecule has 0 spiro atoms. The fraction of sp³-hybridized carbons (Fsp3) is 0.650. The van der Waals surface area contributed by atoms with E-state index in [1.807, 2.05) is 0 Å². The zero-order valence-corrected chi connectivity index (χ0v) is 13.8. The lowest BCUT2D eigenvalue weighted by molar-refractivity contribution is -0.127. The second kappa shape index (κ2) is 6.27. The van der Waals surface area contributed by atoms with Crippen molar-refractivity contribution >= 4 is 5.91 Å². The first-order valence-electron chi connectivity index (χ1n) is 9.18. The fourth-order valence-corrected chi connectivity index (χ4v) is 5.07. The Kier molecular flexibility index (Phi) is 4.14. The van der Waals surface area contributed by atoms with Gasteiger partial charge in [0, 0.05) is 31.1 Å². The Balaban J connectivity index is 1.45. The van der Waals surface area contributed by atoms with Crippen molar-refractivity contribution in [2.24, 2.45) is 17.8 Å². The Morgan fingerprint density at radius 1 is 1.13 bits per heavy atom. The number of hydrogen-bond donors (Lipinski definition) is 1. The minimum atomic E-state index is 0.0484. The molecule has 3 nitrogen and oxygen atoms in total.